The Labute approximate surface area is 106 Å². The van der Waals surface area contributed by atoms with Gasteiger partial charge in [-0.2, -0.15) is 0 Å². The summed E-state index contributed by atoms with van der Waals surface area (Å²) in [5.41, 5.74) is 0.805. The standard InChI is InChI=1S/C12H14Cl2N2/c13-10-6-9(7-11(14)8-10)12(15)16-4-2-1-3-5-16/h6-8,15H,1-5H2. The van der Waals surface area contributed by atoms with E-state index in [2.05, 4.69) is 4.90 Å². The molecule has 1 aliphatic rings. The summed E-state index contributed by atoms with van der Waals surface area (Å²) in [7, 11) is 0. The van der Waals surface area contributed by atoms with E-state index in [1.54, 1.807) is 18.2 Å². The van der Waals surface area contributed by atoms with Crippen molar-refractivity contribution in [2.24, 2.45) is 0 Å². The van der Waals surface area contributed by atoms with Crippen molar-refractivity contribution in [3.05, 3.63) is 33.8 Å². The van der Waals surface area contributed by atoms with Gasteiger partial charge in [0, 0.05) is 28.7 Å². The number of amidine groups is 1. The first kappa shape index (κ1) is 11.7. The summed E-state index contributed by atoms with van der Waals surface area (Å²) in [4.78, 5) is 2.09. The van der Waals surface area contributed by atoms with Crippen LogP contribution in [0.25, 0.3) is 0 Å². The van der Waals surface area contributed by atoms with E-state index in [1.807, 2.05) is 0 Å². The van der Waals surface area contributed by atoms with Gasteiger partial charge in [-0.1, -0.05) is 23.2 Å². The molecule has 86 valence electrons. The Morgan fingerprint density at radius 2 is 1.56 bits per heavy atom. The smallest absolute Gasteiger partial charge is 0.128 e. The summed E-state index contributed by atoms with van der Waals surface area (Å²) in [6, 6.07) is 5.28. The maximum Gasteiger partial charge on any atom is 0.128 e. The molecule has 1 aromatic rings. The molecule has 0 amide bonds. The highest BCUT2D eigenvalue weighted by atomic mass is 35.5. The first-order valence-electron chi connectivity index (χ1n) is 5.47. The molecular weight excluding hydrogens is 243 g/mol. The quantitative estimate of drug-likeness (QED) is 0.601. The van der Waals surface area contributed by atoms with Gasteiger partial charge in [0.25, 0.3) is 0 Å². The van der Waals surface area contributed by atoms with Gasteiger partial charge in [0.05, 0.1) is 0 Å². The highest BCUT2D eigenvalue weighted by molar-refractivity contribution is 6.35. The van der Waals surface area contributed by atoms with Crippen molar-refractivity contribution in [2.75, 3.05) is 13.1 Å². The predicted octanol–water partition coefficient (Wildman–Crippen LogP) is 3.80. The van der Waals surface area contributed by atoms with Crippen LogP contribution in [0.5, 0.6) is 0 Å². The number of hydrogen-bond acceptors (Lipinski definition) is 1. The lowest BCUT2D eigenvalue weighted by Gasteiger charge is -2.29. The summed E-state index contributed by atoms with van der Waals surface area (Å²) < 4.78 is 0. The third-order valence-corrected chi connectivity index (χ3v) is 3.24. The van der Waals surface area contributed by atoms with Gasteiger partial charge in [-0.25, -0.2) is 0 Å². The first-order valence-corrected chi connectivity index (χ1v) is 6.22. The highest BCUT2D eigenvalue weighted by Crippen LogP contribution is 2.21. The van der Waals surface area contributed by atoms with Gasteiger partial charge >= 0.3 is 0 Å². The van der Waals surface area contributed by atoms with Gasteiger partial charge in [-0.15, -0.1) is 0 Å². The molecule has 2 nitrogen and oxygen atoms in total. The number of likely N-dealkylation sites (tertiary alicyclic amines) is 1. The van der Waals surface area contributed by atoms with Crippen LogP contribution in [0.4, 0.5) is 0 Å². The van der Waals surface area contributed by atoms with E-state index in [0.29, 0.717) is 15.9 Å². The Hall–Kier alpha value is -0.730. The van der Waals surface area contributed by atoms with Crippen LogP contribution in [-0.4, -0.2) is 23.8 Å². The lowest BCUT2D eigenvalue weighted by molar-refractivity contribution is 0.341. The number of nitrogens with zero attached hydrogens (tertiary/aromatic N) is 1. The van der Waals surface area contributed by atoms with Crippen LogP contribution >= 0.6 is 23.2 Å². The minimum atomic E-state index is 0.532. The third-order valence-electron chi connectivity index (χ3n) is 2.81. The summed E-state index contributed by atoms with van der Waals surface area (Å²) >= 11 is 11.9. The average molecular weight is 257 g/mol. The second-order valence-corrected chi connectivity index (χ2v) is 4.93. The Kier molecular flexibility index (Phi) is 3.72. The predicted molar refractivity (Wildman–Crippen MR) is 68.7 cm³/mol. The molecule has 1 N–H and O–H groups in total. The molecule has 0 radical (unpaired) electrons. The summed E-state index contributed by atoms with van der Waals surface area (Å²) in [6.07, 6.45) is 3.59. The monoisotopic (exact) mass is 256 g/mol. The maximum atomic E-state index is 8.13. The van der Waals surface area contributed by atoms with Crippen molar-refractivity contribution < 1.29 is 0 Å². The van der Waals surface area contributed by atoms with Crippen LogP contribution in [0.15, 0.2) is 18.2 Å². The molecule has 0 saturated carbocycles. The van der Waals surface area contributed by atoms with Crippen LogP contribution in [-0.2, 0) is 0 Å². The lowest BCUT2D eigenvalue weighted by atomic mass is 10.1. The van der Waals surface area contributed by atoms with Crippen LogP contribution in [0, 0.1) is 5.41 Å². The fourth-order valence-corrected chi connectivity index (χ4v) is 2.52. The zero-order valence-corrected chi connectivity index (χ0v) is 10.5. The number of benzene rings is 1. The summed E-state index contributed by atoms with van der Waals surface area (Å²) in [6.45, 7) is 1.92. The maximum absolute atomic E-state index is 8.13. The van der Waals surface area contributed by atoms with Crippen LogP contribution < -0.4 is 0 Å². The normalized spacial score (nSPS) is 16.2. The molecule has 1 heterocycles. The second kappa shape index (κ2) is 5.07. The van der Waals surface area contributed by atoms with E-state index in [-0.39, 0.29) is 0 Å². The highest BCUT2D eigenvalue weighted by Gasteiger charge is 2.15. The van der Waals surface area contributed by atoms with Crippen LogP contribution in [0.3, 0.4) is 0 Å². The van der Waals surface area contributed by atoms with Gasteiger partial charge in [0.1, 0.15) is 5.84 Å². The van der Waals surface area contributed by atoms with Gasteiger partial charge < -0.3 is 4.90 Å². The fourth-order valence-electron chi connectivity index (χ4n) is 1.99. The Balaban J connectivity index is 2.19. The molecule has 0 aliphatic carbocycles. The molecule has 1 saturated heterocycles. The van der Waals surface area contributed by atoms with Gasteiger partial charge in [-0.3, -0.25) is 5.41 Å². The Morgan fingerprint density at radius 3 is 2.12 bits per heavy atom. The van der Waals surface area contributed by atoms with Gasteiger partial charge in [0.15, 0.2) is 0 Å². The SMILES string of the molecule is N=C(c1cc(Cl)cc(Cl)c1)N1CCCCC1. The van der Waals surface area contributed by atoms with Crippen molar-refractivity contribution in [1.82, 2.24) is 4.90 Å². The number of nitrogens with one attached hydrogen (secondary N) is 1. The molecule has 0 atom stereocenters. The van der Waals surface area contributed by atoms with E-state index in [9.17, 15) is 0 Å². The van der Waals surface area contributed by atoms with Crippen LogP contribution in [0.2, 0.25) is 10.0 Å². The number of piperidine rings is 1. The molecule has 1 fully saturated rings. The van der Waals surface area contributed by atoms with E-state index >= 15 is 0 Å². The van der Waals surface area contributed by atoms with Gasteiger partial charge in [0.2, 0.25) is 0 Å². The number of hydrogen-bond donors (Lipinski definition) is 1. The minimum absolute atomic E-state index is 0.532. The van der Waals surface area contributed by atoms with Crippen molar-refractivity contribution >= 4 is 29.0 Å². The zero-order chi connectivity index (χ0) is 11.5. The van der Waals surface area contributed by atoms with Gasteiger partial charge in [-0.05, 0) is 37.5 Å². The zero-order valence-electron chi connectivity index (χ0n) is 8.97. The summed E-state index contributed by atoms with van der Waals surface area (Å²) in [5.74, 6) is 0.532. The Bertz CT molecular complexity index is 378. The molecule has 0 unspecified atom stereocenters. The molecular formula is C12H14Cl2N2. The second-order valence-electron chi connectivity index (χ2n) is 4.05. The first-order chi connectivity index (χ1) is 7.66. The summed E-state index contributed by atoms with van der Waals surface area (Å²) in [5, 5.41) is 9.30. The fraction of sp³-hybridized carbons (Fsp3) is 0.417. The van der Waals surface area contributed by atoms with E-state index in [4.69, 9.17) is 28.6 Å². The molecule has 1 aromatic carbocycles. The molecule has 2 rings (SSSR count). The van der Waals surface area contributed by atoms with Crippen molar-refractivity contribution in [1.29, 1.82) is 5.41 Å². The molecule has 0 spiro atoms. The van der Waals surface area contributed by atoms with E-state index in [1.165, 1.54) is 6.42 Å². The molecule has 16 heavy (non-hydrogen) atoms. The Morgan fingerprint density at radius 1 is 1.00 bits per heavy atom. The molecule has 1 aliphatic heterocycles. The third kappa shape index (κ3) is 2.69. The van der Waals surface area contributed by atoms with E-state index < -0.39 is 0 Å². The largest absolute Gasteiger partial charge is 0.357 e. The lowest BCUT2D eigenvalue weighted by Crippen LogP contribution is -2.35. The van der Waals surface area contributed by atoms with Crippen LogP contribution in [0.1, 0.15) is 24.8 Å². The van der Waals surface area contributed by atoms with E-state index in [0.717, 1.165) is 31.5 Å². The van der Waals surface area contributed by atoms with Crippen molar-refractivity contribution in [2.45, 2.75) is 19.3 Å². The van der Waals surface area contributed by atoms with Crippen molar-refractivity contribution in [3.8, 4) is 0 Å². The topological polar surface area (TPSA) is 27.1 Å². The average Bonchev–Trinajstić information content (AvgIpc) is 2.28. The number of halogens is 2. The molecule has 4 heteroatoms. The number of rotatable bonds is 1. The molecule has 0 bridgehead atoms. The molecule has 0 aromatic heterocycles. The minimum Gasteiger partial charge on any atom is -0.357 e. The van der Waals surface area contributed by atoms with Crippen molar-refractivity contribution in [3.63, 3.8) is 0 Å².